The monoisotopic (exact) mass is 283 g/mol. The Bertz CT molecular complexity index is 620. The van der Waals surface area contributed by atoms with Crippen molar-refractivity contribution in [3.05, 3.63) is 53.9 Å². The van der Waals surface area contributed by atoms with E-state index in [2.05, 4.69) is 10.3 Å². The molecule has 0 aliphatic carbocycles. The van der Waals surface area contributed by atoms with Crippen LogP contribution in [0.4, 0.5) is 5.69 Å². The van der Waals surface area contributed by atoms with Crippen molar-refractivity contribution in [2.24, 2.45) is 0 Å². The minimum absolute atomic E-state index is 0.208. The number of aliphatic hydroxyl groups is 1. The molecule has 2 rings (SSSR count). The van der Waals surface area contributed by atoms with Gasteiger partial charge >= 0.3 is 0 Å². The summed E-state index contributed by atoms with van der Waals surface area (Å²) in [5, 5.41) is 21.6. The number of ether oxygens (including phenoxy) is 1. The first-order chi connectivity index (χ1) is 10.2. The van der Waals surface area contributed by atoms with Crippen LogP contribution in [0.1, 0.15) is 11.3 Å². The van der Waals surface area contributed by atoms with Crippen LogP contribution in [0.2, 0.25) is 0 Å². The van der Waals surface area contributed by atoms with E-state index in [0.717, 1.165) is 17.0 Å². The zero-order chi connectivity index (χ0) is 15.1. The highest BCUT2D eigenvalue weighted by Gasteiger charge is 2.05. The van der Waals surface area contributed by atoms with Crippen LogP contribution < -0.4 is 10.1 Å². The molecule has 1 aromatic heterocycles. The van der Waals surface area contributed by atoms with E-state index in [1.54, 1.807) is 18.3 Å². The van der Waals surface area contributed by atoms with Crippen molar-refractivity contribution in [1.29, 1.82) is 5.26 Å². The molecule has 5 nitrogen and oxygen atoms in total. The number of benzene rings is 1. The third-order valence-electron chi connectivity index (χ3n) is 2.85. The van der Waals surface area contributed by atoms with E-state index >= 15 is 0 Å². The lowest BCUT2D eigenvalue weighted by molar-refractivity contribution is 0.117. The zero-order valence-electron chi connectivity index (χ0n) is 11.8. The van der Waals surface area contributed by atoms with Crippen molar-refractivity contribution in [3.8, 4) is 11.8 Å². The molecule has 0 fully saturated rings. The molecule has 0 saturated carbocycles. The van der Waals surface area contributed by atoms with Gasteiger partial charge in [0.25, 0.3) is 0 Å². The van der Waals surface area contributed by atoms with Crippen LogP contribution in [-0.2, 0) is 0 Å². The van der Waals surface area contributed by atoms with Gasteiger partial charge in [0.15, 0.2) is 0 Å². The number of nitriles is 1. The molecule has 1 heterocycles. The standard InChI is InChI=1S/C16H17N3O2/c1-12-3-2-4-16(7-12)21-11-15(20)10-19-14-6-5-13(8-17)18-9-14/h2-7,9,15,19-20H,10-11H2,1H3/t15-/m0/s1. The van der Waals surface area contributed by atoms with E-state index < -0.39 is 6.10 Å². The number of aryl methyl sites for hydroxylation is 1. The molecular formula is C16H17N3O2. The lowest BCUT2D eigenvalue weighted by Crippen LogP contribution is -2.26. The summed E-state index contributed by atoms with van der Waals surface area (Å²) in [4.78, 5) is 3.94. The second-order valence-corrected chi connectivity index (χ2v) is 4.71. The van der Waals surface area contributed by atoms with Gasteiger partial charge in [0.05, 0.1) is 11.9 Å². The normalized spacial score (nSPS) is 11.5. The third-order valence-corrected chi connectivity index (χ3v) is 2.85. The molecule has 0 aliphatic heterocycles. The van der Waals surface area contributed by atoms with Crippen LogP contribution in [-0.4, -0.2) is 29.3 Å². The predicted octanol–water partition coefficient (Wildman–Crippen LogP) is 2.11. The van der Waals surface area contributed by atoms with E-state index in [1.807, 2.05) is 37.3 Å². The number of hydrogen-bond acceptors (Lipinski definition) is 5. The molecule has 1 atom stereocenters. The van der Waals surface area contributed by atoms with Gasteiger partial charge in [-0.15, -0.1) is 0 Å². The highest BCUT2D eigenvalue weighted by molar-refractivity contribution is 5.42. The number of hydrogen-bond donors (Lipinski definition) is 2. The summed E-state index contributed by atoms with van der Waals surface area (Å²) in [6, 6.07) is 13.0. The maximum Gasteiger partial charge on any atom is 0.140 e. The first-order valence-electron chi connectivity index (χ1n) is 6.65. The SMILES string of the molecule is Cc1cccc(OC[C@@H](O)CNc2ccc(C#N)nc2)c1. The molecule has 0 saturated heterocycles. The summed E-state index contributed by atoms with van der Waals surface area (Å²) >= 11 is 0. The lowest BCUT2D eigenvalue weighted by Gasteiger charge is -2.14. The Kier molecular flexibility index (Phi) is 5.13. The summed E-state index contributed by atoms with van der Waals surface area (Å²) < 4.78 is 5.52. The average molecular weight is 283 g/mol. The van der Waals surface area contributed by atoms with Gasteiger partial charge in [0.2, 0.25) is 0 Å². The minimum Gasteiger partial charge on any atom is -0.491 e. The summed E-state index contributed by atoms with van der Waals surface area (Å²) in [7, 11) is 0. The fraction of sp³-hybridized carbons (Fsp3) is 0.250. The zero-order valence-corrected chi connectivity index (χ0v) is 11.8. The molecule has 0 spiro atoms. The van der Waals surface area contributed by atoms with Crippen molar-refractivity contribution in [1.82, 2.24) is 4.98 Å². The van der Waals surface area contributed by atoms with Crippen molar-refractivity contribution < 1.29 is 9.84 Å². The summed E-state index contributed by atoms with van der Waals surface area (Å²) in [5.41, 5.74) is 2.23. The van der Waals surface area contributed by atoms with Gasteiger partial charge in [-0.1, -0.05) is 12.1 Å². The predicted molar refractivity (Wildman–Crippen MR) is 80.1 cm³/mol. The van der Waals surface area contributed by atoms with Crippen LogP contribution in [0.5, 0.6) is 5.75 Å². The van der Waals surface area contributed by atoms with Crippen molar-refractivity contribution >= 4 is 5.69 Å². The minimum atomic E-state index is -0.638. The Morgan fingerprint density at radius 3 is 2.90 bits per heavy atom. The number of anilines is 1. The number of nitrogens with zero attached hydrogens (tertiary/aromatic N) is 2. The van der Waals surface area contributed by atoms with Gasteiger partial charge in [-0.3, -0.25) is 0 Å². The number of pyridine rings is 1. The Balaban J connectivity index is 1.76. The highest BCUT2D eigenvalue weighted by atomic mass is 16.5. The molecule has 0 unspecified atom stereocenters. The summed E-state index contributed by atoms with van der Waals surface area (Å²) in [6.45, 7) is 2.54. The maximum atomic E-state index is 9.88. The second-order valence-electron chi connectivity index (χ2n) is 4.71. The van der Waals surface area contributed by atoms with Crippen LogP contribution in [0.3, 0.4) is 0 Å². The molecule has 21 heavy (non-hydrogen) atoms. The number of aromatic nitrogens is 1. The van der Waals surface area contributed by atoms with Crippen LogP contribution in [0, 0.1) is 18.3 Å². The first kappa shape index (κ1) is 14.8. The quantitative estimate of drug-likeness (QED) is 0.849. The number of nitrogens with one attached hydrogen (secondary N) is 1. The molecule has 2 N–H and O–H groups in total. The van der Waals surface area contributed by atoms with E-state index in [0.29, 0.717) is 12.2 Å². The highest BCUT2D eigenvalue weighted by Crippen LogP contribution is 2.12. The maximum absolute atomic E-state index is 9.88. The van der Waals surface area contributed by atoms with Gasteiger partial charge in [-0.2, -0.15) is 5.26 Å². The summed E-state index contributed by atoms with van der Waals surface area (Å²) in [5.74, 6) is 0.745. The molecule has 1 aromatic carbocycles. The second kappa shape index (κ2) is 7.27. The van der Waals surface area contributed by atoms with Crippen LogP contribution >= 0.6 is 0 Å². The topological polar surface area (TPSA) is 78.2 Å². The van der Waals surface area contributed by atoms with Gasteiger partial charge in [-0.25, -0.2) is 4.98 Å². The van der Waals surface area contributed by atoms with Crippen LogP contribution in [0.25, 0.3) is 0 Å². The van der Waals surface area contributed by atoms with E-state index in [9.17, 15) is 5.11 Å². The van der Waals surface area contributed by atoms with Gasteiger partial charge < -0.3 is 15.2 Å². The molecule has 0 bridgehead atoms. The Morgan fingerprint density at radius 1 is 1.38 bits per heavy atom. The largest absolute Gasteiger partial charge is 0.491 e. The Morgan fingerprint density at radius 2 is 2.24 bits per heavy atom. The number of rotatable bonds is 6. The fourth-order valence-corrected chi connectivity index (χ4v) is 1.76. The molecule has 2 aromatic rings. The molecular weight excluding hydrogens is 266 g/mol. The molecule has 0 aliphatic rings. The van der Waals surface area contributed by atoms with Crippen molar-refractivity contribution in [2.45, 2.75) is 13.0 Å². The molecule has 0 radical (unpaired) electrons. The average Bonchev–Trinajstić information content (AvgIpc) is 2.51. The van der Waals surface area contributed by atoms with Crippen molar-refractivity contribution in [3.63, 3.8) is 0 Å². The van der Waals surface area contributed by atoms with Gasteiger partial charge in [0, 0.05) is 6.54 Å². The smallest absolute Gasteiger partial charge is 0.140 e. The van der Waals surface area contributed by atoms with Crippen molar-refractivity contribution in [2.75, 3.05) is 18.5 Å². The van der Waals surface area contributed by atoms with E-state index in [-0.39, 0.29) is 6.61 Å². The van der Waals surface area contributed by atoms with Crippen LogP contribution in [0.15, 0.2) is 42.6 Å². The Labute approximate surface area is 123 Å². The lowest BCUT2D eigenvalue weighted by atomic mass is 10.2. The molecule has 108 valence electrons. The van der Waals surface area contributed by atoms with E-state index in [4.69, 9.17) is 10.00 Å². The summed E-state index contributed by atoms with van der Waals surface area (Å²) in [6.07, 6.45) is 0.924. The number of aliphatic hydroxyl groups excluding tert-OH is 1. The third kappa shape index (κ3) is 4.79. The van der Waals surface area contributed by atoms with E-state index in [1.165, 1.54) is 0 Å². The Hall–Kier alpha value is -2.58. The fourth-order valence-electron chi connectivity index (χ4n) is 1.76. The first-order valence-corrected chi connectivity index (χ1v) is 6.65. The van der Waals surface area contributed by atoms with Gasteiger partial charge in [-0.05, 0) is 36.8 Å². The molecule has 5 heteroatoms. The van der Waals surface area contributed by atoms with Gasteiger partial charge in [0.1, 0.15) is 30.2 Å². The molecule has 0 amide bonds.